The fourth-order valence-electron chi connectivity index (χ4n) is 2.95. The van der Waals surface area contributed by atoms with E-state index in [9.17, 15) is 5.11 Å². The summed E-state index contributed by atoms with van der Waals surface area (Å²) in [6.45, 7) is 5.30. The standard InChI is InChI=1S/C19H28N2O/c1-3-5-7-12-18(16-10-8-6-9-11-16)19-14-17(15-22)21(20-19)13-4-2/h6,8-11,14,18,22H,3-5,7,12-13,15H2,1-2H3. The van der Waals surface area contributed by atoms with E-state index >= 15 is 0 Å². The predicted molar refractivity (Wildman–Crippen MR) is 90.9 cm³/mol. The van der Waals surface area contributed by atoms with Crippen LogP contribution in [0.15, 0.2) is 36.4 Å². The van der Waals surface area contributed by atoms with Gasteiger partial charge in [0.25, 0.3) is 0 Å². The Labute approximate surface area is 134 Å². The van der Waals surface area contributed by atoms with Crippen LogP contribution >= 0.6 is 0 Å². The molecule has 0 amide bonds. The second-order valence-electron chi connectivity index (χ2n) is 5.90. The van der Waals surface area contributed by atoms with Crippen LogP contribution in [0.2, 0.25) is 0 Å². The lowest BCUT2D eigenvalue weighted by Gasteiger charge is -2.15. The zero-order valence-electron chi connectivity index (χ0n) is 13.8. The van der Waals surface area contributed by atoms with Gasteiger partial charge in [-0.05, 0) is 24.5 Å². The van der Waals surface area contributed by atoms with Crippen molar-refractivity contribution in [2.24, 2.45) is 0 Å². The van der Waals surface area contributed by atoms with Gasteiger partial charge in [-0.1, -0.05) is 63.4 Å². The molecule has 1 aromatic carbocycles. The summed E-state index contributed by atoms with van der Waals surface area (Å²) in [5.41, 5.74) is 3.34. The lowest BCUT2D eigenvalue weighted by molar-refractivity contribution is 0.267. The monoisotopic (exact) mass is 300 g/mol. The molecule has 0 bridgehead atoms. The van der Waals surface area contributed by atoms with E-state index in [4.69, 9.17) is 5.10 Å². The van der Waals surface area contributed by atoms with E-state index in [1.807, 2.05) is 4.68 Å². The number of unbranched alkanes of at least 4 members (excludes halogenated alkanes) is 2. The molecule has 1 atom stereocenters. The average molecular weight is 300 g/mol. The minimum absolute atomic E-state index is 0.0590. The number of aromatic nitrogens is 2. The molecule has 0 aliphatic carbocycles. The summed E-state index contributed by atoms with van der Waals surface area (Å²) in [4.78, 5) is 0. The average Bonchev–Trinajstić information content (AvgIpc) is 2.95. The van der Waals surface area contributed by atoms with E-state index in [1.54, 1.807) is 0 Å². The van der Waals surface area contributed by atoms with Crippen molar-refractivity contribution in [3.63, 3.8) is 0 Å². The molecule has 0 radical (unpaired) electrons. The van der Waals surface area contributed by atoms with Crippen molar-refractivity contribution in [3.8, 4) is 0 Å². The number of rotatable bonds is 9. The van der Waals surface area contributed by atoms with Crippen LogP contribution in [0.1, 0.15) is 68.8 Å². The van der Waals surface area contributed by atoms with Crippen LogP contribution < -0.4 is 0 Å². The van der Waals surface area contributed by atoms with Gasteiger partial charge < -0.3 is 5.11 Å². The molecule has 1 unspecified atom stereocenters. The molecule has 3 heteroatoms. The third kappa shape index (κ3) is 4.20. The largest absolute Gasteiger partial charge is 0.390 e. The van der Waals surface area contributed by atoms with E-state index in [-0.39, 0.29) is 6.61 Å². The minimum Gasteiger partial charge on any atom is -0.390 e. The summed E-state index contributed by atoms with van der Waals surface area (Å²) in [5.74, 6) is 0.330. The van der Waals surface area contributed by atoms with E-state index < -0.39 is 0 Å². The first kappa shape index (κ1) is 16.8. The van der Waals surface area contributed by atoms with E-state index in [0.717, 1.165) is 30.8 Å². The molecule has 22 heavy (non-hydrogen) atoms. The highest BCUT2D eigenvalue weighted by Gasteiger charge is 2.18. The van der Waals surface area contributed by atoms with Gasteiger partial charge in [0.15, 0.2) is 0 Å². The van der Waals surface area contributed by atoms with E-state index in [2.05, 4.69) is 50.2 Å². The molecule has 1 heterocycles. The lowest BCUT2D eigenvalue weighted by Crippen LogP contribution is -2.06. The molecule has 1 N–H and O–H groups in total. The molecule has 1 aromatic heterocycles. The maximum absolute atomic E-state index is 9.56. The summed E-state index contributed by atoms with van der Waals surface area (Å²) >= 11 is 0. The number of hydrogen-bond donors (Lipinski definition) is 1. The van der Waals surface area contributed by atoms with Gasteiger partial charge >= 0.3 is 0 Å². The Morgan fingerprint density at radius 3 is 2.50 bits per heavy atom. The van der Waals surface area contributed by atoms with Crippen LogP contribution in [0.25, 0.3) is 0 Å². The molecule has 2 aromatic rings. The quantitative estimate of drug-likeness (QED) is 0.692. The van der Waals surface area contributed by atoms with Gasteiger partial charge in [-0.25, -0.2) is 0 Å². The Morgan fingerprint density at radius 1 is 1.09 bits per heavy atom. The number of benzene rings is 1. The molecule has 0 fully saturated rings. The smallest absolute Gasteiger partial charge is 0.0849 e. The molecule has 120 valence electrons. The van der Waals surface area contributed by atoms with Gasteiger partial charge in [0.1, 0.15) is 0 Å². The van der Waals surface area contributed by atoms with Crippen molar-refractivity contribution in [2.75, 3.05) is 0 Å². The van der Waals surface area contributed by atoms with Crippen LogP contribution in [0.4, 0.5) is 0 Å². The number of hydrogen-bond acceptors (Lipinski definition) is 2. The summed E-state index contributed by atoms with van der Waals surface area (Å²) in [6, 6.07) is 12.7. The molecule has 0 saturated heterocycles. The van der Waals surface area contributed by atoms with Gasteiger partial charge in [-0.2, -0.15) is 5.10 Å². The molecule has 2 rings (SSSR count). The first-order valence-electron chi connectivity index (χ1n) is 8.52. The fourth-order valence-corrected chi connectivity index (χ4v) is 2.95. The van der Waals surface area contributed by atoms with Crippen LogP contribution in [0.5, 0.6) is 0 Å². The molecular weight excluding hydrogens is 272 g/mol. The van der Waals surface area contributed by atoms with Gasteiger partial charge in [0.2, 0.25) is 0 Å². The first-order valence-corrected chi connectivity index (χ1v) is 8.52. The van der Waals surface area contributed by atoms with Crippen molar-refractivity contribution in [2.45, 2.75) is 65.0 Å². The molecule has 0 spiro atoms. The Kier molecular flexibility index (Phi) is 6.66. The van der Waals surface area contributed by atoms with Gasteiger partial charge in [0, 0.05) is 12.5 Å². The Balaban J connectivity index is 2.28. The maximum Gasteiger partial charge on any atom is 0.0849 e. The summed E-state index contributed by atoms with van der Waals surface area (Å²) < 4.78 is 1.96. The Bertz CT molecular complexity index is 548. The van der Waals surface area contributed by atoms with Crippen molar-refractivity contribution < 1.29 is 5.11 Å². The summed E-state index contributed by atoms with van der Waals surface area (Å²) in [6.07, 6.45) is 5.84. The van der Waals surface area contributed by atoms with Gasteiger partial charge in [-0.3, -0.25) is 4.68 Å². The maximum atomic E-state index is 9.56. The minimum atomic E-state index is 0.0590. The van der Waals surface area contributed by atoms with Crippen LogP contribution in [-0.2, 0) is 13.2 Å². The normalized spacial score (nSPS) is 12.5. The van der Waals surface area contributed by atoms with Gasteiger partial charge in [0.05, 0.1) is 18.0 Å². The Morgan fingerprint density at radius 2 is 1.86 bits per heavy atom. The first-order chi connectivity index (χ1) is 10.8. The highest BCUT2D eigenvalue weighted by molar-refractivity contribution is 5.29. The van der Waals surface area contributed by atoms with Crippen molar-refractivity contribution >= 4 is 0 Å². The van der Waals surface area contributed by atoms with E-state index in [0.29, 0.717) is 5.92 Å². The van der Waals surface area contributed by atoms with Crippen LogP contribution in [-0.4, -0.2) is 14.9 Å². The summed E-state index contributed by atoms with van der Waals surface area (Å²) in [5, 5.41) is 14.3. The Hall–Kier alpha value is -1.61. The third-order valence-electron chi connectivity index (χ3n) is 4.13. The highest BCUT2D eigenvalue weighted by atomic mass is 16.3. The van der Waals surface area contributed by atoms with Crippen LogP contribution in [0.3, 0.4) is 0 Å². The van der Waals surface area contributed by atoms with Crippen molar-refractivity contribution in [1.82, 2.24) is 9.78 Å². The van der Waals surface area contributed by atoms with Crippen molar-refractivity contribution in [1.29, 1.82) is 0 Å². The SMILES string of the molecule is CCCCCC(c1ccccc1)c1cc(CO)n(CCC)n1. The van der Waals surface area contributed by atoms with Crippen LogP contribution in [0, 0.1) is 0 Å². The predicted octanol–water partition coefficient (Wildman–Crippen LogP) is 4.50. The second kappa shape index (κ2) is 8.74. The second-order valence-corrected chi connectivity index (χ2v) is 5.90. The zero-order valence-corrected chi connectivity index (χ0v) is 13.8. The molecule has 3 nitrogen and oxygen atoms in total. The topological polar surface area (TPSA) is 38.0 Å². The molecular formula is C19H28N2O. The highest BCUT2D eigenvalue weighted by Crippen LogP contribution is 2.29. The number of aliphatic hydroxyl groups is 1. The van der Waals surface area contributed by atoms with E-state index in [1.165, 1.54) is 24.8 Å². The number of aliphatic hydroxyl groups excluding tert-OH is 1. The molecule has 0 aliphatic rings. The molecule has 0 aliphatic heterocycles. The van der Waals surface area contributed by atoms with Crippen molar-refractivity contribution in [3.05, 3.63) is 53.3 Å². The fraction of sp³-hybridized carbons (Fsp3) is 0.526. The zero-order chi connectivity index (χ0) is 15.8. The lowest BCUT2D eigenvalue weighted by atomic mass is 9.90. The third-order valence-corrected chi connectivity index (χ3v) is 4.13. The number of nitrogens with zero attached hydrogens (tertiary/aromatic N) is 2. The molecule has 0 saturated carbocycles. The van der Waals surface area contributed by atoms with Gasteiger partial charge in [-0.15, -0.1) is 0 Å². The summed E-state index contributed by atoms with van der Waals surface area (Å²) in [7, 11) is 0. The number of aryl methyl sites for hydroxylation is 1.